The Morgan fingerprint density at radius 3 is 2.62 bits per heavy atom. The van der Waals surface area contributed by atoms with Gasteiger partial charge in [-0.1, -0.05) is 54.6 Å². The molecule has 2 aliphatic rings. The van der Waals surface area contributed by atoms with E-state index in [0.717, 1.165) is 44.1 Å². The Hall–Kier alpha value is -2.96. The average molecular weight is 445 g/mol. The van der Waals surface area contributed by atoms with Gasteiger partial charge in [0.25, 0.3) is 0 Å². The maximum absolute atomic E-state index is 12.1. The molecule has 3 aromatic rings. The Balaban J connectivity index is 1.07. The Morgan fingerprint density at radius 2 is 1.81 bits per heavy atom. The minimum absolute atomic E-state index is 0.0450. The van der Waals surface area contributed by atoms with E-state index in [1.54, 1.807) is 17.6 Å². The maximum atomic E-state index is 12.1. The highest BCUT2D eigenvalue weighted by atomic mass is 32.1. The predicted octanol–water partition coefficient (Wildman–Crippen LogP) is 4.05. The molecule has 0 unspecified atom stereocenters. The van der Waals surface area contributed by atoms with Gasteiger partial charge in [0.2, 0.25) is 5.91 Å². The van der Waals surface area contributed by atoms with Crippen molar-refractivity contribution in [2.45, 2.75) is 0 Å². The summed E-state index contributed by atoms with van der Waals surface area (Å²) in [5, 5.41) is 4.30. The Kier molecular flexibility index (Phi) is 6.06. The van der Waals surface area contributed by atoms with Crippen molar-refractivity contribution in [3.63, 3.8) is 0 Å². The van der Waals surface area contributed by atoms with Crippen LogP contribution in [0.4, 0.5) is 5.82 Å². The molecule has 6 heteroatoms. The molecule has 164 valence electrons. The van der Waals surface area contributed by atoms with Gasteiger partial charge in [-0.05, 0) is 35.3 Å². The van der Waals surface area contributed by atoms with Crippen molar-refractivity contribution in [3.8, 4) is 0 Å². The quantitative estimate of drug-likeness (QED) is 0.441. The lowest BCUT2D eigenvalue weighted by Gasteiger charge is -2.35. The smallest absolute Gasteiger partial charge is 0.244 e. The van der Waals surface area contributed by atoms with Crippen LogP contribution in [0.25, 0.3) is 16.2 Å². The fraction of sp³-hybridized carbons (Fsp3) is 0.308. The molecule has 32 heavy (non-hydrogen) atoms. The van der Waals surface area contributed by atoms with Crippen LogP contribution >= 0.6 is 11.5 Å². The monoisotopic (exact) mass is 444 g/mol. The van der Waals surface area contributed by atoms with Gasteiger partial charge in [-0.3, -0.25) is 9.69 Å². The van der Waals surface area contributed by atoms with Crippen LogP contribution in [0, 0.1) is 11.8 Å². The number of carbonyl (C=O) groups is 1. The van der Waals surface area contributed by atoms with Crippen LogP contribution < -0.4 is 10.2 Å². The summed E-state index contributed by atoms with van der Waals surface area (Å²) in [6.07, 6.45) is 3.45. The van der Waals surface area contributed by atoms with Gasteiger partial charge >= 0.3 is 0 Å². The second-order valence-electron chi connectivity index (χ2n) is 8.57. The summed E-state index contributed by atoms with van der Waals surface area (Å²) in [5.41, 5.74) is 2.30. The van der Waals surface area contributed by atoms with E-state index in [9.17, 15) is 4.79 Å². The van der Waals surface area contributed by atoms with Crippen molar-refractivity contribution in [1.29, 1.82) is 0 Å². The number of carbonyl (C=O) groups excluding carboxylic acids is 1. The van der Waals surface area contributed by atoms with Gasteiger partial charge in [-0.25, -0.2) is 0 Å². The van der Waals surface area contributed by atoms with Gasteiger partial charge in [-0.2, -0.15) is 4.37 Å². The van der Waals surface area contributed by atoms with Crippen LogP contribution in [0.2, 0.25) is 0 Å². The first-order chi connectivity index (χ1) is 15.7. The van der Waals surface area contributed by atoms with Crippen LogP contribution in [0.15, 0.2) is 72.8 Å². The van der Waals surface area contributed by atoms with E-state index >= 15 is 0 Å². The lowest BCUT2D eigenvalue weighted by molar-refractivity contribution is -0.116. The molecular formula is C26H28N4OS. The number of rotatable bonds is 7. The molecule has 5 nitrogen and oxygen atoms in total. The number of fused-ring (bicyclic) bond motifs is 1. The van der Waals surface area contributed by atoms with Crippen molar-refractivity contribution in [2.24, 2.45) is 11.8 Å². The minimum Gasteiger partial charge on any atom is -0.353 e. The number of aromatic nitrogens is 1. The number of nitrogens with one attached hydrogen (secondary N) is 1. The average Bonchev–Trinajstić information content (AvgIpc) is 3.23. The van der Waals surface area contributed by atoms with Crippen LogP contribution in [-0.2, 0) is 4.79 Å². The van der Waals surface area contributed by atoms with Gasteiger partial charge in [-0.15, -0.1) is 0 Å². The molecule has 1 saturated carbocycles. The number of piperazine rings is 1. The Labute approximate surface area is 193 Å². The zero-order chi connectivity index (χ0) is 21.9. The fourth-order valence-corrected chi connectivity index (χ4v) is 5.29. The lowest BCUT2D eigenvalue weighted by atomic mass is 10.2. The number of nitrogens with zero attached hydrogens (tertiary/aromatic N) is 3. The maximum Gasteiger partial charge on any atom is 0.244 e. The molecule has 0 spiro atoms. The predicted molar refractivity (Wildman–Crippen MR) is 133 cm³/mol. The number of amides is 1. The van der Waals surface area contributed by atoms with E-state index in [2.05, 4.69) is 46.0 Å². The number of benzene rings is 2. The molecule has 0 bridgehead atoms. The summed E-state index contributed by atoms with van der Waals surface area (Å²) in [5.74, 6) is 1.96. The van der Waals surface area contributed by atoms with Crippen LogP contribution in [-0.4, -0.2) is 54.4 Å². The Morgan fingerprint density at radius 1 is 1.06 bits per heavy atom. The summed E-state index contributed by atoms with van der Waals surface area (Å²) in [6.45, 7) is 10.0. The lowest BCUT2D eigenvalue weighted by Crippen LogP contribution is -2.47. The minimum atomic E-state index is -0.0450. The third-order valence-corrected chi connectivity index (χ3v) is 7.35. The third-order valence-electron chi connectivity index (χ3n) is 6.54. The second kappa shape index (κ2) is 9.27. The normalized spacial score (nSPS) is 21.4. The fourth-order valence-electron chi connectivity index (χ4n) is 4.49. The zero-order valence-corrected chi connectivity index (χ0v) is 18.9. The first-order valence-corrected chi connectivity index (χ1v) is 12.0. The van der Waals surface area contributed by atoms with Crippen LogP contribution in [0.3, 0.4) is 0 Å². The van der Waals surface area contributed by atoms with E-state index in [0.29, 0.717) is 18.4 Å². The zero-order valence-electron chi connectivity index (χ0n) is 18.1. The molecule has 2 fully saturated rings. The standard InChI is InChI=1S/C26H28N4OS/c1-19-22(17-27-25(31)12-11-20-7-3-2-4-8-20)23(19)18-29-13-15-30(16-14-29)26-21-9-5-6-10-24(21)32-28-26/h2-12,22-23H,1,13-18H2,(H,27,31)/b12-11+/t22-,23-/m0/s1. The number of hydrogen-bond acceptors (Lipinski definition) is 5. The van der Waals surface area contributed by atoms with E-state index < -0.39 is 0 Å². The molecule has 1 aliphatic heterocycles. The van der Waals surface area contributed by atoms with Gasteiger partial charge in [0.05, 0.1) is 4.70 Å². The van der Waals surface area contributed by atoms with Crippen molar-refractivity contribution >= 4 is 39.4 Å². The largest absolute Gasteiger partial charge is 0.353 e. The topological polar surface area (TPSA) is 48.5 Å². The highest BCUT2D eigenvalue weighted by Crippen LogP contribution is 2.44. The molecule has 1 amide bonds. The second-order valence-corrected chi connectivity index (χ2v) is 9.37. The van der Waals surface area contributed by atoms with Gasteiger partial charge in [0.15, 0.2) is 0 Å². The molecule has 2 atom stereocenters. The molecule has 0 radical (unpaired) electrons. The van der Waals surface area contributed by atoms with E-state index in [-0.39, 0.29) is 5.91 Å². The van der Waals surface area contributed by atoms with Gasteiger partial charge < -0.3 is 10.2 Å². The van der Waals surface area contributed by atoms with E-state index in [1.807, 2.05) is 36.4 Å². The molecule has 2 aromatic carbocycles. The van der Waals surface area contributed by atoms with Crippen molar-refractivity contribution in [2.75, 3.05) is 44.2 Å². The summed E-state index contributed by atoms with van der Waals surface area (Å²) in [7, 11) is 0. The van der Waals surface area contributed by atoms with E-state index in [1.165, 1.54) is 15.7 Å². The van der Waals surface area contributed by atoms with Gasteiger partial charge in [0.1, 0.15) is 5.82 Å². The SMILES string of the molecule is C=C1[C@H](CNC(=O)/C=C/c2ccccc2)[C@H]1CN1CCN(c2nsc3ccccc23)CC1. The molecule has 1 aliphatic carbocycles. The Bertz CT molecular complexity index is 1130. The van der Waals surface area contributed by atoms with Crippen LogP contribution in [0.5, 0.6) is 0 Å². The first-order valence-electron chi connectivity index (χ1n) is 11.2. The summed E-state index contributed by atoms with van der Waals surface area (Å²) >= 11 is 1.58. The first kappa shape index (κ1) is 20.9. The highest BCUT2D eigenvalue weighted by Gasteiger charge is 2.43. The van der Waals surface area contributed by atoms with Crippen molar-refractivity contribution in [3.05, 3.63) is 78.4 Å². The third kappa shape index (κ3) is 4.61. The number of hydrogen-bond donors (Lipinski definition) is 1. The molecule has 1 saturated heterocycles. The van der Waals surface area contributed by atoms with Crippen molar-refractivity contribution < 1.29 is 4.79 Å². The summed E-state index contributed by atoms with van der Waals surface area (Å²) in [6, 6.07) is 18.3. The van der Waals surface area contributed by atoms with Crippen LogP contribution in [0.1, 0.15) is 5.56 Å². The van der Waals surface area contributed by atoms with E-state index in [4.69, 9.17) is 4.37 Å². The molecule has 2 heterocycles. The highest BCUT2D eigenvalue weighted by molar-refractivity contribution is 7.13. The molecule has 1 N–H and O–H groups in total. The summed E-state index contributed by atoms with van der Waals surface area (Å²) in [4.78, 5) is 17.1. The molecule has 5 rings (SSSR count). The summed E-state index contributed by atoms with van der Waals surface area (Å²) < 4.78 is 5.96. The van der Waals surface area contributed by atoms with Gasteiger partial charge in [0, 0.05) is 62.6 Å². The molecular weight excluding hydrogens is 416 g/mol. The van der Waals surface area contributed by atoms with Crippen molar-refractivity contribution in [1.82, 2.24) is 14.6 Å². The molecule has 1 aromatic heterocycles. The number of anilines is 1.